The number of nitrogens with zero attached hydrogens (tertiary/aromatic N) is 2. The second-order valence-electron chi connectivity index (χ2n) is 9.73. The molecule has 0 spiro atoms. The standard InChI is InChI=1S/C29H29N3O7S2/c1-38-27(22-5-3-2-4-6-22)28(34)32-14-13-29(17-26(33)31-35,41(36,37)16-15-32)25-12-11-24(40-25)21-9-7-20(8-10-21)23-18-30-19-39-23/h2-12,18-19,27,35H,13-17H2,1H3,(H,31,33)/t27-,29?/m1/s1. The molecule has 2 amide bonds. The lowest BCUT2D eigenvalue weighted by molar-refractivity contribution is -0.142. The molecule has 1 saturated heterocycles. The molecular weight excluding hydrogens is 566 g/mol. The van der Waals surface area contributed by atoms with Crippen molar-refractivity contribution in [1.29, 1.82) is 0 Å². The highest BCUT2D eigenvalue weighted by atomic mass is 32.2. The normalized spacial score (nSPS) is 19.3. The molecule has 4 aromatic rings. The van der Waals surface area contributed by atoms with Crippen molar-refractivity contribution >= 4 is 33.0 Å². The number of ether oxygens (including phenoxy) is 1. The van der Waals surface area contributed by atoms with Crippen LogP contribution in [0.5, 0.6) is 0 Å². The molecule has 1 aliphatic rings. The van der Waals surface area contributed by atoms with E-state index in [1.807, 2.05) is 36.4 Å². The molecule has 2 N–H and O–H groups in total. The molecule has 2 aromatic carbocycles. The van der Waals surface area contributed by atoms with Crippen LogP contribution in [-0.4, -0.2) is 61.3 Å². The molecule has 0 bridgehead atoms. The lowest BCUT2D eigenvalue weighted by Gasteiger charge is -2.30. The fourth-order valence-corrected chi connectivity index (χ4v) is 8.77. The number of benzene rings is 2. The number of carbonyl (C=O) groups is 2. The monoisotopic (exact) mass is 595 g/mol. The Hall–Kier alpha value is -3.84. The van der Waals surface area contributed by atoms with E-state index in [9.17, 15) is 23.2 Å². The lowest BCUT2D eigenvalue weighted by Crippen LogP contribution is -2.41. The molecule has 0 saturated carbocycles. The predicted molar refractivity (Wildman–Crippen MR) is 153 cm³/mol. The minimum absolute atomic E-state index is 0.0237. The zero-order valence-corrected chi connectivity index (χ0v) is 23.9. The lowest BCUT2D eigenvalue weighted by atomic mass is 9.97. The first-order chi connectivity index (χ1) is 19.8. The smallest absolute Gasteiger partial charge is 0.256 e. The van der Waals surface area contributed by atoms with E-state index in [2.05, 4.69) is 4.98 Å². The van der Waals surface area contributed by atoms with Crippen LogP contribution in [0.4, 0.5) is 0 Å². The summed E-state index contributed by atoms with van der Waals surface area (Å²) in [6, 6.07) is 20.1. The molecule has 214 valence electrons. The average molecular weight is 596 g/mol. The Bertz CT molecular complexity index is 1600. The summed E-state index contributed by atoms with van der Waals surface area (Å²) in [7, 11) is -2.53. The van der Waals surface area contributed by atoms with Crippen molar-refractivity contribution in [3.05, 3.63) is 89.8 Å². The van der Waals surface area contributed by atoms with Crippen molar-refractivity contribution in [1.82, 2.24) is 15.4 Å². The average Bonchev–Trinajstić information content (AvgIpc) is 3.69. The summed E-state index contributed by atoms with van der Waals surface area (Å²) in [4.78, 5) is 32.7. The quantitative estimate of drug-likeness (QED) is 0.228. The minimum atomic E-state index is -3.96. The molecule has 0 radical (unpaired) electrons. The number of rotatable bonds is 8. The topological polar surface area (TPSA) is 139 Å². The van der Waals surface area contributed by atoms with Crippen molar-refractivity contribution < 1.29 is 32.4 Å². The molecule has 41 heavy (non-hydrogen) atoms. The van der Waals surface area contributed by atoms with Crippen LogP contribution < -0.4 is 5.48 Å². The Morgan fingerprint density at radius 3 is 2.49 bits per heavy atom. The van der Waals surface area contributed by atoms with Gasteiger partial charge in [-0.05, 0) is 29.7 Å². The molecule has 2 atom stereocenters. The molecule has 1 unspecified atom stereocenters. The molecule has 0 aliphatic carbocycles. The van der Waals surface area contributed by atoms with Gasteiger partial charge in [0.15, 0.2) is 28.1 Å². The highest BCUT2D eigenvalue weighted by molar-refractivity contribution is 7.92. The molecular formula is C29H29N3O7S2. The molecule has 12 heteroatoms. The summed E-state index contributed by atoms with van der Waals surface area (Å²) >= 11 is 1.27. The van der Waals surface area contributed by atoms with Crippen LogP contribution in [0.15, 0.2) is 83.7 Å². The van der Waals surface area contributed by atoms with Crippen LogP contribution in [0.25, 0.3) is 21.8 Å². The highest BCUT2D eigenvalue weighted by Gasteiger charge is 2.50. The molecule has 10 nitrogen and oxygen atoms in total. The van der Waals surface area contributed by atoms with Gasteiger partial charge in [0.25, 0.3) is 5.91 Å². The van der Waals surface area contributed by atoms with Crippen LogP contribution in [0.2, 0.25) is 0 Å². The van der Waals surface area contributed by atoms with Crippen molar-refractivity contribution in [3.8, 4) is 21.8 Å². The van der Waals surface area contributed by atoms with Gasteiger partial charge in [-0.2, -0.15) is 0 Å². The van der Waals surface area contributed by atoms with E-state index in [0.717, 1.165) is 16.0 Å². The maximum absolute atomic E-state index is 13.9. The summed E-state index contributed by atoms with van der Waals surface area (Å²) in [6.45, 7) is 0.0419. The first-order valence-electron chi connectivity index (χ1n) is 12.9. The summed E-state index contributed by atoms with van der Waals surface area (Å²) < 4.78 is 37.1. The van der Waals surface area contributed by atoms with E-state index < -0.39 is 33.0 Å². The van der Waals surface area contributed by atoms with E-state index in [0.29, 0.717) is 16.2 Å². The first kappa shape index (κ1) is 28.7. The Labute approximate surface area is 241 Å². The number of hydroxylamine groups is 1. The number of nitrogens with one attached hydrogen (secondary N) is 1. The summed E-state index contributed by atoms with van der Waals surface area (Å²) in [5.41, 5.74) is 3.96. The van der Waals surface area contributed by atoms with E-state index in [4.69, 9.17) is 9.15 Å². The van der Waals surface area contributed by atoms with E-state index in [1.165, 1.54) is 29.7 Å². The Morgan fingerprint density at radius 1 is 1.10 bits per heavy atom. The maximum Gasteiger partial charge on any atom is 0.256 e. The second kappa shape index (κ2) is 12.0. The number of thiophene rings is 1. The van der Waals surface area contributed by atoms with Gasteiger partial charge in [0.1, 0.15) is 4.75 Å². The number of carbonyl (C=O) groups excluding carboxylic acids is 2. The Kier molecular flexibility index (Phi) is 8.36. The number of aromatic nitrogens is 1. The van der Waals surface area contributed by atoms with Gasteiger partial charge < -0.3 is 14.1 Å². The number of hydrogen-bond acceptors (Lipinski definition) is 9. The van der Waals surface area contributed by atoms with Crippen molar-refractivity contribution in [2.45, 2.75) is 23.7 Å². The van der Waals surface area contributed by atoms with Gasteiger partial charge in [0.05, 0.1) is 18.4 Å². The largest absolute Gasteiger partial charge is 0.444 e. The van der Waals surface area contributed by atoms with Crippen LogP contribution in [0.1, 0.15) is 29.4 Å². The highest BCUT2D eigenvalue weighted by Crippen LogP contribution is 2.45. The number of oxazole rings is 1. The van der Waals surface area contributed by atoms with Gasteiger partial charge in [-0.1, -0.05) is 54.6 Å². The third-order valence-corrected chi connectivity index (χ3v) is 11.3. The summed E-state index contributed by atoms with van der Waals surface area (Å²) in [5.74, 6) is -0.889. The summed E-state index contributed by atoms with van der Waals surface area (Å²) in [5, 5.41) is 9.34. The minimum Gasteiger partial charge on any atom is -0.444 e. The van der Waals surface area contributed by atoms with Crippen LogP contribution in [0.3, 0.4) is 0 Å². The zero-order chi connectivity index (χ0) is 29.0. The molecule has 1 aliphatic heterocycles. The van der Waals surface area contributed by atoms with E-state index in [1.54, 1.807) is 42.0 Å². The number of amides is 2. The van der Waals surface area contributed by atoms with Gasteiger partial charge in [0.2, 0.25) is 5.91 Å². The molecule has 5 rings (SSSR count). The third kappa shape index (κ3) is 5.68. The van der Waals surface area contributed by atoms with Gasteiger partial charge in [-0.25, -0.2) is 18.9 Å². The molecule has 1 fully saturated rings. The van der Waals surface area contributed by atoms with Crippen LogP contribution in [0, 0.1) is 0 Å². The van der Waals surface area contributed by atoms with Crippen molar-refractivity contribution in [2.75, 3.05) is 26.0 Å². The summed E-state index contributed by atoms with van der Waals surface area (Å²) in [6.07, 6.45) is 1.58. The van der Waals surface area contributed by atoms with Crippen LogP contribution in [-0.2, 0) is 28.9 Å². The SMILES string of the molecule is CO[C@@H](C(=O)N1CCC(CC(=O)NO)(c2ccc(-c3ccc(-c4cnco4)cc3)s2)S(=O)(=O)CC1)c1ccccc1. The predicted octanol–water partition coefficient (Wildman–Crippen LogP) is 4.20. The van der Waals surface area contributed by atoms with Gasteiger partial charge >= 0.3 is 0 Å². The molecule has 3 heterocycles. The van der Waals surface area contributed by atoms with Crippen molar-refractivity contribution in [3.63, 3.8) is 0 Å². The maximum atomic E-state index is 13.9. The zero-order valence-electron chi connectivity index (χ0n) is 22.2. The Balaban J connectivity index is 1.46. The van der Waals surface area contributed by atoms with Gasteiger partial charge in [-0.3, -0.25) is 14.8 Å². The molecule has 2 aromatic heterocycles. The number of hydrogen-bond donors (Lipinski definition) is 2. The first-order valence-corrected chi connectivity index (χ1v) is 15.4. The fourth-order valence-electron chi connectivity index (χ4n) is 5.16. The van der Waals surface area contributed by atoms with Gasteiger partial charge in [0, 0.05) is 35.5 Å². The third-order valence-electron chi connectivity index (χ3n) is 7.40. The van der Waals surface area contributed by atoms with E-state index >= 15 is 0 Å². The number of sulfone groups is 1. The Morgan fingerprint density at radius 2 is 1.83 bits per heavy atom. The van der Waals surface area contributed by atoms with E-state index in [-0.39, 0.29) is 31.2 Å². The second-order valence-corrected chi connectivity index (χ2v) is 13.2. The van der Waals surface area contributed by atoms with Crippen LogP contribution >= 0.6 is 11.3 Å². The number of methoxy groups -OCH3 is 1. The van der Waals surface area contributed by atoms with Gasteiger partial charge in [-0.15, -0.1) is 11.3 Å². The van der Waals surface area contributed by atoms with Crippen molar-refractivity contribution in [2.24, 2.45) is 0 Å². The fraction of sp³-hybridized carbons (Fsp3) is 0.276.